The Bertz CT molecular complexity index is 990. The number of nitrogens with zero attached hydrogens (tertiary/aromatic N) is 2. The van der Waals surface area contributed by atoms with E-state index in [1.54, 1.807) is 16.7 Å². The molecule has 0 radical (unpaired) electrons. The normalized spacial score (nSPS) is 11.0. The molecule has 0 aliphatic carbocycles. The van der Waals surface area contributed by atoms with E-state index in [4.69, 9.17) is 23.8 Å². The van der Waals surface area contributed by atoms with Gasteiger partial charge in [0, 0.05) is 17.1 Å². The monoisotopic (exact) mass is 414 g/mol. The van der Waals surface area contributed by atoms with Crippen LogP contribution in [0.1, 0.15) is 30.9 Å². The van der Waals surface area contributed by atoms with Gasteiger partial charge in [-0.15, -0.1) is 0 Å². The van der Waals surface area contributed by atoms with Crippen molar-refractivity contribution < 1.29 is 4.79 Å². The second kappa shape index (κ2) is 9.17. The number of carbonyl (C=O) groups excluding carboxylic acids is 1. The van der Waals surface area contributed by atoms with Crippen molar-refractivity contribution in [2.24, 2.45) is 0 Å². The van der Waals surface area contributed by atoms with E-state index < -0.39 is 0 Å². The first-order valence-electron chi connectivity index (χ1n) is 9.20. The fourth-order valence-electron chi connectivity index (χ4n) is 2.90. The largest absolute Gasteiger partial charge is 0.354 e. The number of carbonyl (C=O) groups is 1. The number of H-pyrrole nitrogens is 1. The van der Waals surface area contributed by atoms with Gasteiger partial charge in [0.1, 0.15) is 6.54 Å². The summed E-state index contributed by atoms with van der Waals surface area (Å²) in [5, 5.41) is 10.6. The molecular formula is C21H23ClN4OS. The Morgan fingerprint density at radius 1 is 1.18 bits per heavy atom. The van der Waals surface area contributed by atoms with Crippen LogP contribution in [0.25, 0.3) is 11.4 Å². The van der Waals surface area contributed by atoms with Crippen LogP contribution in [0, 0.1) is 4.77 Å². The molecular weight excluding hydrogens is 392 g/mol. The first-order chi connectivity index (χ1) is 13.4. The van der Waals surface area contributed by atoms with Gasteiger partial charge in [0.15, 0.2) is 10.6 Å². The van der Waals surface area contributed by atoms with Crippen molar-refractivity contribution in [3.63, 3.8) is 0 Å². The number of rotatable bonds is 7. The van der Waals surface area contributed by atoms with E-state index in [2.05, 4.69) is 53.6 Å². The van der Waals surface area contributed by atoms with Crippen molar-refractivity contribution in [3.05, 3.63) is 69.5 Å². The van der Waals surface area contributed by atoms with Gasteiger partial charge in [0.25, 0.3) is 0 Å². The molecule has 5 nitrogen and oxygen atoms in total. The van der Waals surface area contributed by atoms with Crippen LogP contribution >= 0.6 is 23.8 Å². The van der Waals surface area contributed by atoms with E-state index in [1.807, 2.05) is 12.1 Å². The molecule has 1 heterocycles. The molecule has 0 aliphatic heterocycles. The number of aromatic amines is 1. The van der Waals surface area contributed by atoms with Crippen LogP contribution in [0.4, 0.5) is 0 Å². The minimum atomic E-state index is -0.105. The van der Waals surface area contributed by atoms with Crippen LogP contribution in [-0.2, 0) is 17.8 Å². The van der Waals surface area contributed by atoms with Crippen molar-refractivity contribution in [2.75, 3.05) is 6.54 Å². The predicted octanol–water partition coefficient (Wildman–Crippen LogP) is 4.74. The lowest BCUT2D eigenvalue weighted by atomic mass is 10.0. The maximum absolute atomic E-state index is 12.4. The lowest BCUT2D eigenvalue weighted by molar-refractivity contribution is -0.121. The molecule has 0 atom stereocenters. The lowest BCUT2D eigenvalue weighted by Crippen LogP contribution is -2.29. The fourth-order valence-corrected chi connectivity index (χ4v) is 3.22. The summed E-state index contributed by atoms with van der Waals surface area (Å²) in [5.41, 5.74) is 3.36. The van der Waals surface area contributed by atoms with Gasteiger partial charge in [0.2, 0.25) is 5.91 Å². The molecule has 1 aromatic heterocycles. The van der Waals surface area contributed by atoms with Crippen LogP contribution in [0.15, 0.2) is 48.5 Å². The first kappa shape index (κ1) is 20.3. The molecule has 3 rings (SSSR count). The number of amides is 1. The Balaban J connectivity index is 1.59. The molecule has 0 fully saturated rings. The van der Waals surface area contributed by atoms with E-state index >= 15 is 0 Å². The molecule has 7 heteroatoms. The highest BCUT2D eigenvalue weighted by Gasteiger charge is 2.12. The molecule has 0 saturated carbocycles. The lowest BCUT2D eigenvalue weighted by Gasteiger charge is -2.09. The molecule has 0 spiro atoms. The van der Waals surface area contributed by atoms with E-state index in [0.717, 1.165) is 12.0 Å². The summed E-state index contributed by atoms with van der Waals surface area (Å²) >= 11 is 11.2. The Hall–Kier alpha value is -2.44. The molecule has 146 valence electrons. The predicted molar refractivity (Wildman–Crippen MR) is 115 cm³/mol. The SMILES string of the molecule is CC(C)c1ccc(CCNC(=O)Cn2c(-c3ccc(Cl)cc3)n[nH]c2=S)cc1. The molecule has 0 unspecified atom stereocenters. The van der Waals surface area contributed by atoms with E-state index in [-0.39, 0.29) is 12.5 Å². The molecule has 2 aromatic carbocycles. The average molecular weight is 415 g/mol. The van der Waals surface area contributed by atoms with Gasteiger partial charge in [-0.1, -0.05) is 49.7 Å². The second-order valence-corrected chi connectivity index (χ2v) is 7.76. The maximum Gasteiger partial charge on any atom is 0.240 e. The topological polar surface area (TPSA) is 62.7 Å². The minimum absolute atomic E-state index is 0.105. The quantitative estimate of drug-likeness (QED) is 0.548. The summed E-state index contributed by atoms with van der Waals surface area (Å²) in [4.78, 5) is 12.4. The summed E-state index contributed by atoms with van der Waals surface area (Å²) in [5.74, 6) is 1.02. The van der Waals surface area contributed by atoms with Crippen LogP contribution in [-0.4, -0.2) is 27.2 Å². The minimum Gasteiger partial charge on any atom is -0.354 e. The standard InChI is InChI=1S/C21H23ClN4OS/c1-14(2)16-5-3-15(4-6-16)11-12-23-19(27)13-26-20(24-25-21(26)28)17-7-9-18(22)10-8-17/h3-10,14H,11-13H2,1-2H3,(H,23,27)(H,25,28). The third kappa shape index (κ3) is 5.09. The molecule has 0 saturated heterocycles. The van der Waals surface area contributed by atoms with Gasteiger partial charge in [-0.2, -0.15) is 5.10 Å². The second-order valence-electron chi connectivity index (χ2n) is 6.94. The van der Waals surface area contributed by atoms with Gasteiger partial charge in [-0.3, -0.25) is 14.5 Å². The molecule has 28 heavy (non-hydrogen) atoms. The van der Waals surface area contributed by atoms with Gasteiger partial charge in [-0.25, -0.2) is 0 Å². The zero-order chi connectivity index (χ0) is 20.1. The number of hydrogen-bond acceptors (Lipinski definition) is 3. The summed E-state index contributed by atoms with van der Waals surface area (Å²) < 4.78 is 2.09. The van der Waals surface area contributed by atoms with E-state index in [1.165, 1.54) is 11.1 Å². The number of halogens is 1. The van der Waals surface area contributed by atoms with Crippen LogP contribution in [0.3, 0.4) is 0 Å². The number of hydrogen-bond donors (Lipinski definition) is 2. The fraction of sp³-hybridized carbons (Fsp3) is 0.286. The Labute approximate surface area is 174 Å². The summed E-state index contributed by atoms with van der Waals surface area (Å²) in [6.07, 6.45) is 0.783. The molecule has 0 bridgehead atoms. The van der Waals surface area contributed by atoms with Crippen molar-refractivity contribution >= 4 is 29.7 Å². The van der Waals surface area contributed by atoms with Crippen LogP contribution < -0.4 is 5.32 Å². The van der Waals surface area contributed by atoms with Gasteiger partial charge in [-0.05, 0) is 59.9 Å². The molecule has 1 amide bonds. The smallest absolute Gasteiger partial charge is 0.240 e. The molecule has 2 N–H and O–H groups in total. The van der Waals surface area contributed by atoms with E-state index in [9.17, 15) is 4.79 Å². The van der Waals surface area contributed by atoms with Gasteiger partial charge >= 0.3 is 0 Å². The van der Waals surface area contributed by atoms with Crippen LogP contribution in [0.2, 0.25) is 5.02 Å². The van der Waals surface area contributed by atoms with Crippen molar-refractivity contribution in [1.82, 2.24) is 20.1 Å². The summed E-state index contributed by atoms with van der Waals surface area (Å²) in [6.45, 7) is 5.03. The number of nitrogens with one attached hydrogen (secondary N) is 2. The number of aromatic nitrogens is 3. The highest BCUT2D eigenvalue weighted by Crippen LogP contribution is 2.20. The van der Waals surface area contributed by atoms with E-state index in [0.29, 0.717) is 28.1 Å². The third-order valence-electron chi connectivity index (χ3n) is 4.54. The summed E-state index contributed by atoms with van der Waals surface area (Å²) in [7, 11) is 0. The zero-order valence-electron chi connectivity index (χ0n) is 15.9. The Morgan fingerprint density at radius 2 is 1.86 bits per heavy atom. The Morgan fingerprint density at radius 3 is 2.50 bits per heavy atom. The van der Waals surface area contributed by atoms with Crippen molar-refractivity contribution in [1.29, 1.82) is 0 Å². The summed E-state index contributed by atoms with van der Waals surface area (Å²) in [6, 6.07) is 15.8. The first-order valence-corrected chi connectivity index (χ1v) is 9.99. The highest BCUT2D eigenvalue weighted by atomic mass is 35.5. The third-order valence-corrected chi connectivity index (χ3v) is 5.11. The zero-order valence-corrected chi connectivity index (χ0v) is 17.5. The number of benzene rings is 2. The van der Waals surface area contributed by atoms with Gasteiger partial charge in [0.05, 0.1) is 0 Å². The highest BCUT2D eigenvalue weighted by molar-refractivity contribution is 7.71. The molecule has 0 aliphatic rings. The maximum atomic E-state index is 12.4. The Kier molecular flexibility index (Phi) is 6.65. The van der Waals surface area contributed by atoms with Gasteiger partial charge < -0.3 is 5.32 Å². The molecule has 3 aromatic rings. The van der Waals surface area contributed by atoms with Crippen LogP contribution in [0.5, 0.6) is 0 Å². The van der Waals surface area contributed by atoms with Crippen molar-refractivity contribution in [2.45, 2.75) is 32.7 Å². The average Bonchev–Trinajstić information content (AvgIpc) is 3.03. The van der Waals surface area contributed by atoms with Crippen molar-refractivity contribution in [3.8, 4) is 11.4 Å².